The van der Waals surface area contributed by atoms with E-state index in [0.29, 0.717) is 0 Å². The Balaban J connectivity index is 2.05. The predicted octanol–water partition coefficient (Wildman–Crippen LogP) is 2.85. The molecule has 2 heterocycles. The third kappa shape index (κ3) is 3.09. The van der Waals surface area contributed by atoms with Crippen molar-refractivity contribution < 1.29 is 0 Å². The van der Waals surface area contributed by atoms with Crippen LogP contribution in [0.3, 0.4) is 0 Å². The molecule has 0 radical (unpaired) electrons. The summed E-state index contributed by atoms with van der Waals surface area (Å²) in [5.74, 6) is 0.925. The summed E-state index contributed by atoms with van der Waals surface area (Å²) in [4.78, 5) is 8.75. The topological polar surface area (TPSA) is 42.7 Å². The highest BCUT2D eigenvalue weighted by Gasteiger charge is 2.05. The number of rotatable bonds is 6. The number of nitrogens with zero attached hydrogens (tertiary/aromatic N) is 3. The molecule has 0 bridgehead atoms. The molecular formula is C14H20N4. The molecule has 0 saturated carbocycles. The molecule has 0 unspecified atom stereocenters. The van der Waals surface area contributed by atoms with Gasteiger partial charge < -0.3 is 9.88 Å². The highest BCUT2D eigenvalue weighted by molar-refractivity contribution is 5.28. The van der Waals surface area contributed by atoms with E-state index in [1.54, 1.807) is 0 Å². The van der Waals surface area contributed by atoms with E-state index in [1.165, 1.54) is 12.0 Å². The summed E-state index contributed by atoms with van der Waals surface area (Å²) in [6.45, 7) is 6.00. The number of imidazole rings is 1. The summed E-state index contributed by atoms with van der Waals surface area (Å²) in [6.07, 6.45) is 8.00. The average molecular weight is 244 g/mol. The Kier molecular flexibility index (Phi) is 4.34. The minimum absolute atomic E-state index is 0.765. The van der Waals surface area contributed by atoms with Gasteiger partial charge in [0.05, 0.1) is 12.2 Å². The van der Waals surface area contributed by atoms with Crippen molar-refractivity contribution in [3.63, 3.8) is 0 Å². The molecule has 0 atom stereocenters. The minimum atomic E-state index is 0.765. The van der Waals surface area contributed by atoms with Gasteiger partial charge in [-0.1, -0.05) is 19.4 Å². The second kappa shape index (κ2) is 6.19. The van der Waals surface area contributed by atoms with E-state index in [1.807, 2.05) is 24.7 Å². The van der Waals surface area contributed by atoms with Gasteiger partial charge in [-0.2, -0.15) is 0 Å². The number of nitrogens with one attached hydrogen (secondary N) is 1. The van der Waals surface area contributed by atoms with E-state index < -0.39 is 0 Å². The third-order valence-electron chi connectivity index (χ3n) is 2.97. The van der Waals surface area contributed by atoms with Gasteiger partial charge >= 0.3 is 0 Å². The van der Waals surface area contributed by atoms with E-state index in [2.05, 4.69) is 39.8 Å². The van der Waals surface area contributed by atoms with Crippen molar-refractivity contribution in [1.82, 2.24) is 14.5 Å². The zero-order valence-electron chi connectivity index (χ0n) is 11.1. The summed E-state index contributed by atoms with van der Waals surface area (Å²) in [6, 6.07) is 4.05. The maximum atomic E-state index is 4.41. The molecule has 0 aliphatic rings. The number of hydrogen-bond acceptors (Lipinski definition) is 3. The molecular weight excluding hydrogens is 224 g/mol. The Morgan fingerprint density at radius 3 is 2.94 bits per heavy atom. The van der Waals surface area contributed by atoms with E-state index >= 15 is 0 Å². The highest BCUT2D eigenvalue weighted by Crippen LogP contribution is 2.10. The molecule has 2 rings (SSSR count). The number of aromatic nitrogens is 3. The SMILES string of the molecule is CCCCNc1nccn1Cc1ncccc1C. The molecule has 0 amide bonds. The second-order valence-corrected chi connectivity index (χ2v) is 4.43. The molecule has 0 spiro atoms. The van der Waals surface area contributed by atoms with Gasteiger partial charge in [0.15, 0.2) is 0 Å². The van der Waals surface area contributed by atoms with E-state index in [-0.39, 0.29) is 0 Å². The monoisotopic (exact) mass is 244 g/mol. The fourth-order valence-corrected chi connectivity index (χ4v) is 1.83. The number of aryl methyl sites for hydroxylation is 1. The Bertz CT molecular complexity index is 490. The number of anilines is 1. The van der Waals surface area contributed by atoms with Crippen molar-refractivity contribution in [3.05, 3.63) is 42.0 Å². The summed E-state index contributed by atoms with van der Waals surface area (Å²) < 4.78 is 2.10. The minimum Gasteiger partial charge on any atom is -0.356 e. The molecule has 4 nitrogen and oxygen atoms in total. The van der Waals surface area contributed by atoms with E-state index in [0.717, 1.165) is 31.2 Å². The zero-order valence-corrected chi connectivity index (χ0v) is 11.1. The molecule has 18 heavy (non-hydrogen) atoms. The fourth-order valence-electron chi connectivity index (χ4n) is 1.83. The van der Waals surface area contributed by atoms with Crippen LogP contribution in [-0.2, 0) is 6.54 Å². The fraction of sp³-hybridized carbons (Fsp3) is 0.429. The molecule has 0 aliphatic carbocycles. The second-order valence-electron chi connectivity index (χ2n) is 4.43. The maximum absolute atomic E-state index is 4.41. The summed E-state index contributed by atoms with van der Waals surface area (Å²) in [7, 11) is 0. The van der Waals surface area contributed by atoms with Gasteiger partial charge in [-0.15, -0.1) is 0 Å². The van der Waals surface area contributed by atoms with Crippen molar-refractivity contribution in [2.75, 3.05) is 11.9 Å². The van der Waals surface area contributed by atoms with Gasteiger partial charge in [0.2, 0.25) is 5.95 Å². The van der Waals surface area contributed by atoms with Crippen LogP contribution in [0, 0.1) is 6.92 Å². The van der Waals surface area contributed by atoms with E-state index in [9.17, 15) is 0 Å². The zero-order chi connectivity index (χ0) is 12.8. The Labute approximate surface area is 108 Å². The van der Waals surface area contributed by atoms with Crippen molar-refractivity contribution in [2.24, 2.45) is 0 Å². The Hall–Kier alpha value is -1.84. The van der Waals surface area contributed by atoms with E-state index in [4.69, 9.17) is 0 Å². The predicted molar refractivity (Wildman–Crippen MR) is 73.7 cm³/mol. The molecule has 96 valence electrons. The largest absolute Gasteiger partial charge is 0.356 e. The molecule has 0 fully saturated rings. The first-order chi connectivity index (χ1) is 8.81. The van der Waals surface area contributed by atoms with Crippen LogP contribution in [0.15, 0.2) is 30.7 Å². The van der Waals surface area contributed by atoms with Crippen molar-refractivity contribution >= 4 is 5.95 Å². The number of pyridine rings is 1. The lowest BCUT2D eigenvalue weighted by Crippen LogP contribution is -2.10. The Morgan fingerprint density at radius 1 is 1.28 bits per heavy atom. The van der Waals surface area contributed by atoms with Crippen LogP contribution >= 0.6 is 0 Å². The van der Waals surface area contributed by atoms with Crippen molar-refractivity contribution in [2.45, 2.75) is 33.2 Å². The lowest BCUT2D eigenvalue weighted by molar-refractivity contribution is 0.755. The van der Waals surface area contributed by atoms with Crippen molar-refractivity contribution in [3.8, 4) is 0 Å². The quantitative estimate of drug-likeness (QED) is 0.795. The Morgan fingerprint density at radius 2 is 2.17 bits per heavy atom. The van der Waals surface area contributed by atoms with Crippen LogP contribution in [0.1, 0.15) is 31.0 Å². The van der Waals surface area contributed by atoms with Crippen LogP contribution < -0.4 is 5.32 Å². The molecule has 0 aromatic carbocycles. The van der Waals surface area contributed by atoms with Gasteiger partial charge in [0.1, 0.15) is 0 Å². The first kappa shape index (κ1) is 12.6. The van der Waals surface area contributed by atoms with Gasteiger partial charge in [0, 0.05) is 25.1 Å². The summed E-state index contributed by atoms with van der Waals surface area (Å²) >= 11 is 0. The van der Waals surface area contributed by atoms with Crippen LogP contribution in [0.25, 0.3) is 0 Å². The molecule has 4 heteroatoms. The van der Waals surface area contributed by atoms with Crippen LogP contribution in [-0.4, -0.2) is 21.1 Å². The third-order valence-corrected chi connectivity index (χ3v) is 2.97. The lowest BCUT2D eigenvalue weighted by Gasteiger charge is -2.10. The summed E-state index contributed by atoms with van der Waals surface area (Å²) in [5, 5.41) is 3.36. The van der Waals surface area contributed by atoms with Crippen molar-refractivity contribution in [1.29, 1.82) is 0 Å². The average Bonchev–Trinajstić information content (AvgIpc) is 2.80. The maximum Gasteiger partial charge on any atom is 0.203 e. The molecule has 2 aromatic rings. The van der Waals surface area contributed by atoms with Crippen LogP contribution in [0.2, 0.25) is 0 Å². The van der Waals surface area contributed by atoms with Gasteiger partial charge in [-0.25, -0.2) is 4.98 Å². The standard InChI is InChI=1S/C14H20N4/c1-3-4-7-16-14-17-9-10-18(14)11-13-12(2)6-5-8-15-13/h5-6,8-10H,3-4,7,11H2,1-2H3,(H,16,17). The first-order valence-corrected chi connectivity index (χ1v) is 6.46. The highest BCUT2D eigenvalue weighted by atomic mass is 15.2. The number of hydrogen-bond donors (Lipinski definition) is 1. The van der Waals surface area contributed by atoms with Gasteiger partial charge in [-0.05, 0) is 25.0 Å². The number of unbranched alkanes of at least 4 members (excludes halogenated alkanes) is 1. The normalized spacial score (nSPS) is 10.6. The molecule has 0 aliphatic heterocycles. The van der Waals surface area contributed by atoms with Crippen LogP contribution in [0.5, 0.6) is 0 Å². The summed E-state index contributed by atoms with van der Waals surface area (Å²) in [5.41, 5.74) is 2.31. The molecule has 2 aromatic heterocycles. The molecule has 0 saturated heterocycles. The first-order valence-electron chi connectivity index (χ1n) is 6.46. The van der Waals surface area contributed by atoms with Crippen LogP contribution in [0.4, 0.5) is 5.95 Å². The smallest absolute Gasteiger partial charge is 0.203 e. The van der Waals surface area contributed by atoms with Gasteiger partial charge in [-0.3, -0.25) is 4.98 Å². The lowest BCUT2D eigenvalue weighted by atomic mass is 10.2. The van der Waals surface area contributed by atoms with Gasteiger partial charge in [0.25, 0.3) is 0 Å². The molecule has 1 N–H and O–H groups in total.